The lowest BCUT2D eigenvalue weighted by molar-refractivity contribution is -0.144. The molecule has 1 unspecified atom stereocenters. The number of nitrogens with one attached hydrogen (secondary N) is 1. The molecular formula is C14H20N2O3. The summed E-state index contributed by atoms with van der Waals surface area (Å²) in [4.78, 5) is 13.2. The molecule has 1 aromatic rings. The lowest BCUT2D eigenvalue weighted by Gasteiger charge is -2.33. The van der Waals surface area contributed by atoms with Crippen LogP contribution in [0.5, 0.6) is 5.75 Å². The molecule has 0 saturated carbocycles. The number of hydrogen-bond donors (Lipinski definition) is 2. The molecule has 1 aliphatic heterocycles. The highest BCUT2D eigenvalue weighted by molar-refractivity contribution is 5.74. The van der Waals surface area contributed by atoms with Crippen molar-refractivity contribution in [1.82, 2.24) is 10.2 Å². The average Bonchev–Trinajstić information content (AvgIpc) is 2.39. The quantitative estimate of drug-likeness (QED) is 0.844. The Morgan fingerprint density at radius 1 is 1.58 bits per heavy atom. The smallest absolute Gasteiger partial charge is 0.322 e. The van der Waals surface area contributed by atoms with Gasteiger partial charge in [0.15, 0.2) is 0 Å². The van der Waals surface area contributed by atoms with Gasteiger partial charge in [-0.15, -0.1) is 0 Å². The standard InChI is InChI=1S/C14H20N2O3/c1-10-3-4-13(19-2)11(7-10)9-16-6-5-15-8-12(16)14(17)18/h3-4,7,12,15H,5-6,8-9H2,1-2H3,(H,17,18). The van der Waals surface area contributed by atoms with Crippen LogP contribution in [0, 0.1) is 6.92 Å². The second-order valence-electron chi connectivity index (χ2n) is 4.84. The van der Waals surface area contributed by atoms with Gasteiger partial charge in [-0.1, -0.05) is 17.7 Å². The number of carbonyl (C=O) groups is 1. The maximum absolute atomic E-state index is 11.3. The first-order valence-electron chi connectivity index (χ1n) is 6.43. The molecule has 0 aromatic heterocycles. The van der Waals surface area contributed by atoms with E-state index < -0.39 is 12.0 Å². The molecule has 0 amide bonds. The Kier molecular flexibility index (Phi) is 4.39. The number of nitrogens with zero attached hydrogens (tertiary/aromatic N) is 1. The van der Waals surface area contributed by atoms with E-state index in [-0.39, 0.29) is 0 Å². The number of hydrogen-bond acceptors (Lipinski definition) is 4. The predicted octanol–water partition coefficient (Wildman–Crippen LogP) is 0.862. The van der Waals surface area contributed by atoms with Crippen LogP contribution in [0.4, 0.5) is 0 Å². The summed E-state index contributed by atoms with van der Waals surface area (Å²) in [6.07, 6.45) is 0. The number of benzene rings is 1. The average molecular weight is 264 g/mol. The highest BCUT2D eigenvalue weighted by Crippen LogP contribution is 2.22. The number of methoxy groups -OCH3 is 1. The van der Waals surface area contributed by atoms with E-state index in [0.717, 1.165) is 30.0 Å². The molecule has 19 heavy (non-hydrogen) atoms. The van der Waals surface area contributed by atoms with Crippen LogP contribution in [0.1, 0.15) is 11.1 Å². The fourth-order valence-corrected chi connectivity index (χ4v) is 2.43. The Bertz CT molecular complexity index is 462. The third kappa shape index (κ3) is 3.24. The molecule has 5 heteroatoms. The number of aliphatic carboxylic acids is 1. The van der Waals surface area contributed by atoms with Gasteiger partial charge in [0.2, 0.25) is 0 Å². The van der Waals surface area contributed by atoms with Crippen molar-refractivity contribution < 1.29 is 14.6 Å². The molecule has 2 rings (SSSR count). The van der Waals surface area contributed by atoms with Crippen LogP contribution in [0.15, 0.2) is 18.2 Å². The molecule has 0 spiro atoms. The zero-order valence-electron chi connectivity index (χ0n) is 11.3. The van der Waals surface area contributed by atoms with Gasteiger partial charge in [0.05, 0.1) is 7.11 Å². The van der Waals surface area contributed by atoms with Crippen LogP contribution < -0.4 is 10.1 Å². The molecule has 1 atom stereocenters. The third-order valence-corrected chi connectivity index (χ3v) is 3.45. The molecule has 0 aliphatic carbocycles. The lowest BCUT2D eigenvalue weighted by Crippen LogP contribution is -2.54. The van der Waals surface area contributed by atoms with Gasteiger partial charge >= 0.3 is 5.97 Å². The topological polar surface area (TPSA) is 61.8 Å². The Hall–Kier alpha value is -1.59. The third-order valence-electron chi connectivity index (χ3n) is 3.45. The molecule has 1 aromatic carbocycles. The van der Waals surface area contributed by atoms with Gasteiger partial charge < -0.3 is 15.2 Å². The predicted molar refractivity (Wildman–Crippen MR) is 72.4 cm³/mol. The van der Waals surface area contributed by atoms with Crippen molar-refractivity contribution in [3.8, 4) is 5.75 Å². The largest absolute Gasteiger partial charge is 0.496 e. The summed E-state index contributed by atoms with van der Waals surface area (Å²) in [5.74, 6) is 0.0343. The fourth-order valence-electron chi connectivity index (χ4n) is 2.43. The molecule has 1 fully saturated rings. The first-order valence-corrected chi connectivity index (χ1v) is 6.43. The number of aryl methyl sites for hydroxylation is 1. The van der Waals surface area contributed by atoms with Crippen molar-refractivity contribution in [3.63, 3.8) is 0 Å². The molecule has 1 saturated heterocycles. The first-order chi connectivity index (χ1) is 9.11. The highest BCUT2D eigenvalue weighted by atomic mass is 16.5. The summed E-state index contributed by atoms with van der Waals surface area (Å²) < 4.78 is 5.35. The van der Waals surface area contributed by atoms with E-state index in [4.69, 9.17) is 4.74 Å². The maximum Gasteiger partial charge on any atom is 0.322 e. The number of ether oxygens (including phenoxy) is 1. The second kappa shape index (κ2) is 6.04. The van der Waals surface area contributed by atoms with Crippen molar-refractivity contribution in [1.29, 1.82) is 0 Å². The van der Waals surface area contributed by atoms with Gasteiger partial charge in [0.25, 0.3) is 0 Å². The second-order valence-corrected chi connectivity index (χ2v) is 4.84. The number of piperazine rings is 1. The number of carboxylic acids is 1. The zero-order chi connectivity index (χ0) is 13.8. The van der Waals surface area contributed by atoms with E-state index in [2.05, 4.69) is 11.4 Å². The highest BCUT2D eigenvalue weighted by Gasteiger charge is 2.28. The van der Waals surface area contributed by atoms with Crippen LogP contribution >= 0.6 is 0 Å². The van der Waals surface area contributed by atoms with E-state index in [1.165, 1.54) is 0 Å². The molecule has 2 N–H and O–H groups in total. The molecule has 104 valence electrons. The normalized spacial score (nSPS) is 20.2. The zero-order valence-corrected chi connectivity index (χ0v) is 11.3. The monoisotopic (exact) mass is 264 g/mol. The van der Waals surface area contributed by atoms with E-state index in [0.29, 0.717) is 13.1 Å². The molecule has 5 nitrogen and oxygen atoms in total. The van der Waals surface area contributed by atoms with Gasteiger partial charge in [-0.05, 0) is 13.0 Å². The molecule has 1 aliphatic rings. The Morgan fingerprint density at radius 3 is 3.05 bits per heavy atom. The van der Waals surface area contributed by atoms with Crippen LogP contribution in [0.2, 0.25) is 0 Å². The molecule has 0 radical (unpaired) electrons. The van der Waals surface area contributed by atoms with Crippen molar-refractivity contribution in [2.24, 2.45) is 0 Å². The lowest BCUT2D eigenvalue weighted by atomic mass is 10.1. The minimum Gasteiger partial charge on any atom is -0.496 e. The van der Waals surface area contributed by atoms with E-state index >= 15 is 0 Å². The van der Waals surface area contributed by atoms with Crippen LogP contribution in [0.25, 0.3) is 0 Å². The van der Waals surface area contributed by atoms with Crippen molar-refractivity contribution in [2.75, 3.05) is 26.7 Å². The molecular weight excluding hydrogens is 244 g/mol. The minimum absolute atomic E-state index is 0.473. The van der Waals surface area contributed by atoms with Gasteiger partial charge in [-0.2, -0.15) is 0 Å². The summed E-state index contributed by atoms with van der Waals surface area (Å²) in [5, 5.41) is 12.4. The van der Waals surface area contributed by atoms with Crippen molar-refractivity contribution >= 4 is 5.97 Å². The number of rotatable bonds is 4. The summed E-state index contributed by atoms with van der Waals surface area (Å²) >= 11 is 0. The SMILES string of the molecule is COc1ccc(C)cc1CN1CCNCC1C(=O)O. The fraction of sp³-hybridized carbons (Fsp3) is 0.500. The Morgan fingerprint density at radius 2 is 2.37 bits per heavy atom. The summed E-state index contributed by atoms with van der Waals surface area (Å²) in [5.41, 5.74) is 2.19. The van der Waals surface area contributed by atoms with Crippen LogP contribution in [0.3, 0.4) is 0 Å². The van der Waals surface area contributed by atoms with Gasteiger partial charge in [-0.25, -0.2) is 0 Å². The van der Waals surface area contributed by atoms with E-state index in [1.807, 2.05) is 24.0 Å². The minimum atomic E-state index is -0.779. The van der Waals surface area contributed by atoms with Gasteiger partial charge in [0, 0.05) is 31.7 Å². The Balaban J connectivity index is 2.18. The number of carboxylic acid groups (broad SMARTS) is 1. The van der Waals surface area contributed by atoms with Crippen molar-refractivity contribution in [3.05, 3.63) is 29.3 Å². The Labute approximate surface area is 113 Å². The van der Waals surface area contributed by atoms with Gasteiger partial charge in [0.1, 0.15) is 11.8 Å². The van der Waals surface area contributed by atoms with Crippen molar-refractivity contribution in [2.45, 2.75) is 19.5 Å². The summed E-state index contributed by atoms with van der Waals surface area (Å²) in [7, 11) is 1.64. The van der Waals surface area contributed by atoms with Gasteiger partial charge in [-0.3, -0.25) is 9.69 Å². The first kappa shape index (κ1) is 13.8. The molecule has 0 bridgehead atoms. The van der Waals surface area contributed by atoms with Crippen LogP contribution in [-0.2, 0) is 11.3 Å². The maximum atomic E-state index is 11.3. The summed E-state index contributed by atoms with van der Waals surface area (Å²) in [6, 6.07) is 5.51. The van der Waals surface area contributed by atoms with E-state index in [9.17, 15) is 9.90 Å². The van der Waals surface area contributed by atoms with E-state index in [1.54, 1.807) is 7.11 Å². The molecule has 1 heterocycles. The summed E-state index contributed by atoms with van der Waals surface area (Å²) in [6.45, 7) is 4.66. The van der Waals surface area contributed by atoms with Crippen LogP contribution in [-0.4, -0.2) is 48.8 Å².